The lowest BCUT2D eigenvalue weighted by molar-refractivity contribution is 0.430. The van der Waals surface area contributed by atoms with Crippen molar-refractivity contribution >= 4 is 11.8 Å². The van der Waals surface area contributed by atoms with Crippen LogP contribution in [0.15, 0.2) is 9.64 Å². The van der Waals surface area contributed by atoms with Gasteiger partial charge in [-0.25, -0.2) is 4.98 Å². The SMILES string of the molecule is Cc1nc(SCCNC(C)C2CC2)oc1C. The molecule has 2 rings (SSSR count). The van der Waals surface area contributed by atoms with E-state index < -0.39 is 0 Å². The van der Waals surface area contributed by atoms with Crippen molar-refractivity contribution in [2.75, 3.05) is 12.3 Å². The third-order valence-electron chi connectivity index (χ3n) is 3.13. The minimum Gasteiger partial charge on any atom is -0.437 e. The summed E-state index contributed by atoms with van der Waals surface area (Å²) in [5.41, 5.74) is 1.00. The van der Waals surface area contributed by atoms with Crippen molar-refractivity contribution in [3.63, 3.8) is 0 Å². The largest absolute Gasteiger partial charge is 0.437 e. The molecule has 1 atom stereocenters. The molecule has 4 heteroatoms. The molecule has 1 fully saturated rings. The molecule has 0 bridgehead atoms. The van der Waals surface area contributed by atoms with Gasteiger partial charge in [-0.15, -0.1) is 0 Å². The second kappa shape index (κ2) is 5.23. The minimum absolute atomic E-state index is 0.675. The molecule has 1 aromatic rings. The number of nitrogens with one attached hydrogen (secondary N) is 1. The van der Waals surface area contributed by atoms with Gasteiger partial charge in [-0.2, -0.15) is 0 Å². The molecular formula is C12H20N2OS. The average Bonchev–Trinajstić information content (AvgIpc) is 3.03. The predicted octanol–water partition coefficient (Wildman–Crippen LogP) is 2.77. The monoisotopic (exact) mass is 240 g/mol. The number of rotatable bonds is 6. The maximum atomic E-state index is 5.51. The smallest absolute Gasteiger partial charge is 0.256 e. The van der Waals surface area contributed by atoms with Crippen LogP contribution in [0.25, 0.3) is 0 Å². The van der Waals surface area contributed by atoms with Crippen LogP contribution in [0.3, 0.4) is 0 Å². The van der Waals surface area contributed by atoms with Crippen LogP contribution in [0.4, 0.5) is 0 Å². The molecule has 0 radical (unpaired) electrons. The summed E-state index contributed by atoms with van der Waals surface area (Å²) >= 11 is 1.69. The first kappa shape index (κ1) is 12.0. The highest BCUT2D eigenvalue weighted by molar-refractivity contribution is 7.99. The topological polar surface area (TPSA) is 38.1 Å². The average molecular weight is 240 g/mol. The van der Waals surface area contributed by atoms with Crippen molar-refractivity contribution in [1.29, 1.82) is 0 Å². The first-order chi connectivity index (χ1) is 7.66. The van der Waals surface area contributed by atoms with E-state index in [4.69, 9.17) is 4.42 Å². The van der Waals surface area contributed by atoms with Crippen LogP contribution >= 0.6 is 11.8 Å². The summed E-state index contributed by atoms with van der Waals surface area (Å²) in [5.74, 6) is 2.88. The number of nitrogens with zero attached hydrogens (tertiary/aromatic N) is 1. The highest BCUT2D eigenvalue weighted by Gasteiger charge is 2.27. The fraction of sp³-hybridized carbons (Fsp3) is 0.750. The van der Waals surface area contributed by atoms with Crippen molar-refractivity contribution in [1.82, 2.24) is 10.3 Å². The lowest BCUT2D eigenvalue weighted by Gasteiger charge is -2.11. The van der Waals surface area contributed by atoms with Gasteiger partial charge in [-0.3, -0.25) is 0 Å². The molecule has 0 aliphatic heterocycles. The molecule has 1 aliphatic carbocycles. The van der Waals surface area contributed by atoms with E-state index in [1.165, 1.54) is 12.8 Å². The van der Waals surface area contributed by atoms with E-state index in [2.05, 4.69) is 17.2 Å². The van der Waals surface area contributed by atoms with Crippen LogP contribution in [0, 0.1) is 19.8 Å². The zero-order valence-corrected chi connectivity index (χ0v) is 11.1. The van der Waals surface area contributed by atoms with Crippen molar-refractivity contribution in [2.24, 2.45) is 5.92 Å². The normalized spacial score (nSPS) is 17.7. The molecule has 0 amide bonds. The number of aryl methyl sites for hydroxylation is 2. The molecule has 1 unspecified atom stereocenters. The lowest BCUT2D eigenvalue weighted by atomic mass is 10.2. The van der Waals surface area contributed by atoms with Crippen LogP contribution in [0.2, 0.25) is 0 Å². The van der Waals surface area contributed by atoms with Gasteiger partial charge in [-0.05, 0) is 39.5 Å². The maximum absolute atomic E-state index is 5.51. The number of oxazole rings is 1. The van der Waals surface area contributed by atoms with E-state index in [0.717, 1.165) is 34.9 Å². The Morgan fingerprint density at radius 1 is 1.50 bits per heavy atom. The molecule has 3 nitrogen and oxygen atoms in total. The molecule has 1 N–H and O–H groups in total. The van der Waals surface area contributed by atoms with Crippen molar-refractivity contribution in [3.05, 3.63) is 11.5 Å². The van der Waals surface area contributed by atoms with Crippen molar-refractivity contribution in [2.45, 2.75) is 44.9 Å². The zero-order chi connectivity index (χ0) is 11.5. The number of hydrogen-bond acceptors (Lipinski definition) is 4. The standard InChI is InChI=1S/C12H20N2OS/c1-8-10(3)15-12(14-8)16-7-6-13-9(2)11-4-5-11/h9,11,13H,4-7H2,1-3H3. The van der Waals surface area contributed by atoms with Gasteiger partial charge in [-0.1, -0.05) is 11.8 Å². The Bertz CT molecular complexity index is 327. The van der Waals surface area contributed by atoms with Gasteiger partial charge in [0.2, 0.25) is 0 Å². The fourth-order valence-corrected chi connectivity index (χ4v) is 2.47. The van der Waals surface area contributed by atoms with E-state index in [-0.39, 0.29) is 0 Å². The lowest BCUT2D eigenvalue weighted by Crippen LogP contribution is -2.29. The molecule has 1 heterocycles. The Balaban J connectivity index is 1.63. The Kier molecular flexibility index (Phi) is 3.92. The number of thioether (sulfide) groups is 1. The van der Waals surface area contributed by atoms with E-state index in [0.29, 0.717) is 6.04 Å². The van der Waals surface area contributed by atoms with Crippen molar-refractivity contribution < 1.29 is 4.42 Å². The van der Waals surface area contributed by atoms with Gasteiger partial charge in [0.25, 0.3) is 5.22 Å². The highest BCUT2D eigenvalue weighted by atomic mass is 32.2. The van der Waals surface area contributed by atoms with E-state index in [1.807, 2.05) is 13.8 Å². The molecule has 1 saturated carbocycles. The van der Waals surface area contributed by atoms with Crippen LogP contribution in [-0.4, -0.2) is 23.3 Å². The maximum Gasteiger partial charge on any atom is 0.256 e. The van der Waals surface area contributed by atoms with Gasteiger partial charge >= 0.3 is 0 Å². The Hall–Kier alpha value is -0.480. The van der Waals surface area contributed by atoms with Crippen LogP contribution in [0.1, 0.15) is 31.2 Å². The summed E-state index contributed by atoms with van der Waals surface area (Å²) in [6.07, 6.45) is 2.80. The molecule has 0 spiro atoms. The molecule has 0 aromatic carbocycles. The summed E-state index contributed by atoms with van der Waals surface area (Å²) < 4.78 is 5.51. The molecular weight excluding hydrogens is 220 g/mol. The van der Waals surface area contributed by atoms with Crippen LogP contribution < -0.4 is 5.32 Å². The van der Waals surface area contributed by atoms with Gasteiger partial charge < -0.3 is 9.73 Å². The first-order valence-electron chi connectivity index (χ1n) is 5.97. The third-order valence-corrected chi connectivity index (χ3v) is 3.96. The first-order valence-corrected chi connectivity index (χ1v) is 6.95. The fourth-order valence-electron chi connectivity index (χ4n) is 1.69. The van der Waals surface area contributed by atoms with Crippen LogP contribution in [0.5, 0.6) is 0 Å². The summed E-state index contributed by atoms with van der Waals surface area (Å²) in [5, 5.41) is 4.35. The van der Waals surface area contributed by atoms with E-state index in [1.54, 1.807) is 11.8 Å². The third kappa shape index (κ3) is 3.25. The summed E-state index contributed by atoms with van der Waals surface area (Å²) in [6.45, 7) is 7.25. The van der Waals surface area contributed by atoms with Gasteiger partial charge in [0.15, 0.2) is 0 Å². The Morgan fingerprint density at radius 2 is 2.25 bits per heavy atom. The van der Waals surface area contributed by atoms with Crippen molar-refractivity contribution in [3.8, 4) is 0 Å². The second-order valence-electron chi connectivity index (χ2n) is 4.55. The minimum atomic E-state index is 0.675. The molecule has 1 aliphatic rings. The Morgan fingerprint density at radius 3 is 2.81 bits per heavy atom. The summed E-state index contributed by atoms with van der Waals surface area (Å²) in [4.78, 5) is 4.34. The molecule has 1 aromatic heterocycles. The number of aromatic nitrogens is 1. The molecule has 16 heavy (non-hydrogen) atoms. The molecule has 0 saturated heterocycles. The zero-order valence-electron chi connectivity index (χ0n) is 10.2. The second-order valence-corrected chi connectivity index (χ2v) is 5.60. The van der Waals surface area contributed by atoms with Gasteiger partial charge in [0.1, 0.15) is 5.76 Å². The van der Waals surface area contributed by atoms with Gasteiger partial charge in [0, 0.05) is 18.3 Å². The van der Waals surface area contributed by atoms with Crippen LogP contribution in [-0.2, 0) is 0 Å². The highest BCUT2D eigenvalue weighted by Crippen LogP contribution is 2.32. The number of hydrogen-bond donors (Lipinski definition) is 1. The molecule has 90 valence electrons. The quantitative estimate of drug-likeness (QED) is 0.613. The van der Waals surface area contributed by atoms with Gasteiger partial charge in [0.05, 0.1) is 5.69 Å². The Labute approximate surface area is 101 Å². The van der Waals surface area contributed by atoms with E-state index in [9.17, 15) is 0 Å². The van der Waals surface area contributed by atoms with E-state index >= 15 is 0 Å². The summed E-state index contributed by atoms with van der Waals surface area (Å²) in [7, 11) is 0. The predicted molar refractivity (Wildman–Crippen MR) is 66.9 cm³/mol. The summed E-state index contributed by atoms with van der Waals surface area (Å²) in [6, 6.07) is 0.675.